The Kier molecular flexibility index (Phi) is 4.56. The maximum absolute atomic E-state index is 13.4. The summed E-state index contributed by atoms with van der Waals surface area (Å²) in [6, 6.07) is 14.2. The average Bonchev–Trinajstić information content (AvgIpc) is 3.55. The van der Waals surface area contributed by atoms with Gasteiger partial charge < -0.3 is 9.64 Å². The lowest BCUT2D eigenvalue weighted by Gasteiger charge is -2.37. The molecule has 7 heteroatoms. The van der Waals surface area contributed by atoms with Crippen LogP contribution in [0.4, 0.5) is 11.4 Å². The van der Waals surface area contributed by atoms with Crippen LogP contribution in [0.3, 0.4) is 0 Å². The molecule has 36 heavy (non-hydrogen) atoms. The predicted octanol–water partition coefficient (Wildman–Crippen LogP) is 3.51. The number of hydrogen-bond donors (Lipinski definition) is 0. The first kappa shape index (κ1) is 21.5. The zero-order valence-electron chi connectivity index (χ0n) is 19.9. The Morgan fingerprint density at radius 3 is 2.22 bits per heavy atom. The van der Waals surface area contributed by atoms with E-state index >= 15 is 0 Å². The number of aryl methyl sites for hydroxylation is 1. The van der Waals surface area contributed by atoms with Crippen molar-refractivity contribution < 1.29 is 23.9 Å². The van der Waals surface area contributed by atoms with E-state index < -0.39 is 11.9 Å². The second-order valence-corrected chi connectivity index (χ2v) is 10.8. The molecule has 2 heterocycles. The summed E-state index contributed by atoms with van der Waals surface area (Å²) in [5.41, 5.74) is 2.29. The van der Waals surface area contributed by atoms with Crippen molar-refractivity contribution >= 4 is 35.1 Å². The highest BCUT2D eigenvalue weighted by Crippen LogP contribution is 2.65. The van der Waals surface area contributed by atoms with Crippen LogP contribution in [0.15, 0.2) is 60.7 Å². The van der Waals surface area contributed by atoms with Gasteiger partial charge in [-0.1, -0.05) is 35.9 Å². The van der Waals surface area contributed by atoms with Crippen LogP contribution in [-0.2, 0) is 19.2 Å². The van der Waals surface area contributed by atoms with E-state index in [1.54, 1.807) is 29.2 Å². The molecule has 8 rings (SSSR count). The Balaban J connectivity index is 1.07. The van der Waals surface area contributed by atoms with Crippen molar-refractivity contribution in [1.82, 2.24) is 0 Å². The van der Waals surface area contributed by atoms with Crippen LogP contribution in [0.25, 0.3) is 0 Å². The van der Waals surface area contributed by atoms with E-state index in [9.17, 15) is 19.2 Å². The second kappa shape index (κ2) is 7.63. The molecular formula is C29H26N2O5. The zero-order chi connectivity index (χ0) is 24.7. The summed E-state index contributed by atoms with van der Waals surface area (Å²) in [7, 11) is 0. The van der Waals surface area contributed by atoms with Gasteiger partial charge in [0.25, 0.3) is 0 Å². The highest BCUT2D eigenvalue weighted by Gasteiger charge is 2.67. The van der Waals surface area contributed by atoms with E-state index in [0.717, 1.165) is 17.7 Å². The number of imide groups is 1. The lowest BCUT2D eigenvalue weighted by molar-refractivity contribution is -0.139. The molecule has 4 fully saturated rings. The number of anilines is 2. The Morgan fingerprint density at radius 2 is 1.56 bits per heavy atom. The molecule has 7 atom stereocenters. The van der Waals surface area contributed by atoms with Gasteiger partial charge in [-0.25, -0.2) is 4.90 Å². The normalized spacial score (nSPS) is 33.7. The first-order valence-electron chi connectivity index (χ1n) is 12.7. The minimum atomic E-state index is -0.589. The molecule has 2 aromatic carbocycles. The summed E-state index contributed by atoms with van der Waals surface area (Å²) < 4.78 is 5.64. The van der Waals surface area contributed by atoms with E-state index in [-0.39, 0.29) is 60.1 Å². The molecule has 2 aromatic rings. The smallest absolute Gasteiger partial charge is 0.316 e. The summed E-state index contributed by atoms with van der Waals surface area (Å²) in [6.45, 7) is 2.23. The molecule has 7 nitrogen and oxygen atoms in total. The van der Waals surface area contributed by atoms with Crippen molar-refractivity contribution in [2.24, 2.45) is 41.4 Å². The SMILES string of the molecule is Cc1ccc(N2C[C@H](C(=O)Oc3cccc(N4C(=O)[C@@H]5[C@@H]6C=C[C@H]([C@H]7C[C@H]67)[C@@H]5C4=O)c3)CC2=O)cc1. The monoisotopic (exact) mass is 482 g/mol. The van der Waals surface area contributed by atoms with Crippen LogP contribution in [0, 0.1) is 48.3 Å². The van der Waals surface area contributed by atoms with Gasteiger partial charge in [0.05, 0.1) is 23.4 Å². The van der Waals surface area contributed by atoms with Gasteiger partial charge in [0.2, 0.25) is 17.7 Å². The molecule has 0 spiro atoms. The Hall–Kier alpha value is -3.74. The number of carbonyl (C=O) groups is 4. The quantitative estimate of drug-likeness (QED) is 0.288. The van der Waals surface area contributed by atoms with E-state index in [4.69, 9.17) is 4.74 Å². The summed E-state index contributed by atoms with van der Waals surface area (Å²) in [5.74, 6) is -0.393. The van der Waals surface area contributed by atoms with Crippen molar-refractivity contribution in [3.8, 4) is 5.75 Å². The number of hydrogen-bond acceptors (Lipinski definition) is 5. The van der Waals surface area contributed by atoms with E-state index in [1.165, 1.54) is 4.90 Å². The van der Waals surface area contributed by atoms with Crippen LogP contribution in [0.2, 0.25) is 0 Å². The third-order valence-corrected chi connectivity index (χ3v) is 8.76. The molecule has 6 aliphatic rings. The van der Waals surface area contributed by atoms with Crippen LogP contribution < -0.4 is 14.5 Å². The fraction of sp³-hybridized carbons (Fsp3) is 0.379. The van der Waals surface area contributed by atoms with Gasteiger partial charge in [-0.3, -0.25) is 19.2 Å². The van der Waals surface area contributed by atoms with Gasteiger partial charge in [-0.2, -0.15) is 0 Å². The van der Waals surface area contributed by atoms with Crippen LogP contribution >= 0.6 is 0 Å². The molecule has 2 bridgehead atoms. The largest absolute Gasteiger partial charge is 0.426 e. The number of amides is 3. The van der Waals surface area contributed by atoms with E-state index in [2.05, 4.69) is 12.2 Å². The first-order valence-corrected chi connectivity index (χ1v) is 12.7. The van der Waals surface area contributed by atoms with Crippen molar-refractivity contribution in [3.05, 3.63) is 66.2 Å². The second-order valence-electron chi connectivity index (χ2n) is 10.8. The summed E-state index contributed by atoms with van der Waals surface area (Å²) >= 11 is 0. The molecule has 2 saturated heterocycles. The standard InChI is InChI=1S/C29H26N2O5/c1-15-5-7-17(8-6-15)30-14-16(11-24(30)32)29(35)36-19-4-2-3-18(12-19)31-27(33)25-20-9-10-21(23-13-22(20)23)26(25)28(31)34/h2-10,12,16,20-23,25-26H,11,13-14H2,1H3/t16-,20-,21-,22-,23-,25-,26+/m1/s1. The summed E-state index contributed by atoms with van der Waals surface area (Å²) in [5, 5.41) is 0. The van der Waals surface area contributed by atoms with Crippen LogP contribution in [0.5, 0.6) is 5.75 Å². The molecule has 182 valence electrons. The number of ether oxygens (including phenoxy) is 1. The van der Waals surface area contributed by atoms with Gasteiger partial charge >= 0.3 is 5.97 Å². The molecule has 2 saturated carbocycles. The highest BCUT2D eigenvalue weighted by molar-refractivity contribution is 6.22. The van der Waals surface area contributed by atoms with Gasteiger partial charge in [-0.15, -0.1) is 0 Å². The number of allylic oxidation sites excluding steroid dienone is 2. The Bertz CT molecular complexity index is 1310. The number of esters is 1. The molecular weight excluding hydrogens is 456 g/mol. The van der Waals surface area contributed by atoms with Crippen molar-refractivity contribution in [2.75, 3.05) is 16.3 Å². The third kappa shape index (κ3) is 3.11. The van der Waals surface area contributed by atoms with Crippen molar-refractivity contribution in [1.29, 1.82) is 0 Å². The minimum Gasteiger partial charge on any atom is -0.426 e. The average molecular weight is 483 g/mol. The van der Waals surface area contributed by atoms with Crippen molar-refractivity contribution in [2.45, 2.75) is 19.8 Å². The predicted molar refractivity (Wildman–Crippen MR) is 131 cm³/mol. The maximum Gasteiger partial charge on any atom is 0.316 e. The lowest BCUT2D eigenvalue weighted by atomic mass is 9.63. The minimum absolute atomic E-state index is 0.0803. The molecule has 0 N–H and O–H groups in total. The van der Waals surface area contributed by atoms with Gasteiger partial charge in [-0.05, 0) is 61.3 Å². The van der Waals surface area contributed by atoms with Crippen LogP contribution in [-0.4, -0.2) is 30.2 Å². The van der Waals surface area contributed by atoms with Crippen LogP contribution in [0.1, 0.15) is 18.4 Å². The molecule has 0 unspecified atom stereocenters. The first-order chi connectivity index (χ1) is 17.4. The maximum atomic E-state index is 13.4. The summed E-state index contributed by atoms with van der Waals surface area (Å²) in [4.78, 5) is 55.2. The van der Waals surface area contributed by atoms with E-state index in [0.29, 0.717) is 17.5 Å². The highest BCUT2D eigenvalue weighted by atomic mass is 16.5. The molecule has 2 aliphatic heterocycles. The fourth-order valence-electron chi connectivity index (χ4n) is 6.94. The third-order valence-electron chi connectivity index (χ3n) is 8.76. The zero-order valence-corrected chi connectivity index (χ0v) is 19.9. The van der Waals surface area contributed by atoms with E-state index in [1.807, 2.05) is 31.2 Å². The van der Waals surface area contributed by atoms with Gasteiger partial charge in [0, 0.05) is 24.7 Å². The molecule has 0 aromatic heterocycles. The summed E-state index contributed by atoms with van der Waals surface area (Å²) in [6.07, 6.45) is 5.49. The van der Waals surface area contributed by atoms with Gasteiger partial charge in [0.15, 0.2) is 0 Å². The fourth-order valence-corrected chi connectivity index (χ4v) is 6.94. The number of rotatable bonds is 4. The molecule has 3 amide bonds. The Labute approximate surface area is 208 Å². The number of benzene rings is 2. The number of carbonyl (C=O) groups excluding carboxylic acids is 4. The number of nitrogens with zero attached hydrogens (tertiary/aromatic N) is 2. The lowest BCUT2D eigenvalue weighted by Crippen LogP contribution is -2.40. The van der Waals surface area contributed by atoms with Crippen molar-refractivity contribution in [3.63, 3.8) is 0 Å². The Morgan fingerprint density at radius 1 is 0.889 bits per heavy atom. The van der Waals surface area contributed by atoms with Gasteiger partial charge in [0.1, 0.15) is 5.75 Å². The topological polar surface area (TPSA) is 84.0 Å². The molecule has 0 radical (unpaired) electrons. The molecule has 4 aliphatic carbocycles.